The van der Waals surface area contributed by atoms with Gasteiger partial charge in [0.2, 0.25) is 0 Å². The van der Waals surface area contributed by atoms with E-state index in [1.807, 2.05) is 0 Å². The summed E-state index contributed by atoms with van der Waals surface area (Å²) in [4.78, 5) is 13.7. The zero-order valence-electron chi connectivity index (χ0n) is 9.82. The summed E-state index contributed by atoms with van der Waals surface area (Å²) in [6.45, 7) is 3.53. The Bertz CT molecular complexity index is 290. The van der Waals surface area contributed by atoms with Crippen molar-refractivity contribution >= 4 is 5.97 Å². The van der Waals surface area contributed by atoms with Gasteiger partial charge in [-0.1, -0.05) is 12.8 Å². The largest absolute Gasteiger partial charge is 0.481 e. The summed E-state index contributed by atoms with van der Waals surface area (Å²) in [6, 6.07) is 0. The fraction of sp³-hybridized carbons (Fsp3) is 0.923. The van der Waals surface area contributed by atoms with Gasteiger partial charge in [-0.2, -0.15) is 0 Å². The van der Waals surface area contributed by atoms with Gasteiger partial charge in [0.25, 0.3) is 0 Å². The van der Waals surface area contributed by atoms with Gasteiger partial charge in [-0.05, 0) is 37.0 Å². The highest BCUT2D eigenvalue weighted by Gasteiger charge is 2.52. The Balaban J connectivity index is 1.53. The minimum atomic E-state index is -0.564. The van der Waals surface area contributed by atoms with Crippen LogP contribution in [0.3, 0.4) is 0 Å². The van der Waals surface area contributed by atoms with Crippen molar-refractivity contribution in [1.82, 2.24) is 4.90 Å². The third kappa shape index (κ3) is 1.86. The molecule has 90 valence electrons. The van der Waals surface area contributed by atoms with Crippen LogP contribution in [0.5, 0.6) is 0 Å². The number of rotatable bonds is 3. The van der Waals surface area contributed by atoms with Gasteiger partial charge in [0, 0.05) is 19.6 Å². The summed E-state index contributed by atoms with van der Waals surface area (Å²) in [5.41, 5.74) is 0.702. The summed E-state index contributed by atoms with van der Waals surface area (Å²) in [5, 5.41) is 9.21. The van der Waals surface area contributed by atoms with Crippen LogP contribution >= 0.6 is 0 Å². The molecule has 0 aromatic heterocycles. The number of carbonyl (C=O) groups is 1. The average Bonchev–Trinajstić information content (AvgIpc) is 2.98. The third-order valence-corrected chi connectivity index (χ3v) is 4.79. The minimum absolute atomic E-state index is 0.0653. The lowest BCUT2D eigenvalue weighted by atomic mass is 9.78. The molecule has 16 heavy (non-hydrogen) atoms. The van der Waals surface area contributed by atoms with Crippen molar-refractivity contribution in [3.8, 4) is 0 Å². The lowest BCUT2D eigenvalue weighted by molar-refractivity contribution is -0.145. The predicted molar refractivity (Wildman–Crippen MR) is 61.2 cm³/mol. The monoisotopic (exact) mass is 223 g/mol. The number of hydrogen-bond acceptors (Lipinski definition) is 2. The molecule has 1 saturated heterocycles. The fourth-order valence-electron chi connectivity index (χ4n) is 3.61. The van der Waals surface area contributed by atoms with Crippen molar-refractivity contribution in [1.29, 1.82) is 0 Å². The molecule has 2 atom stereocenters. The van der Waals surface area contributed by atoms with Crippen LogP contribution in [0.2, 0.25) is 0 Å². The highest BCUT2D eigenvalue weighted by atomic mass is 16.4. The van der Waals surface area contributed by atoms with Crippen LogP contribution in [0.1, 0.15) is 38.5 Å². The molecule has 0 aromatic carbocycles. The van der Waals surface area contributed by atoms with Crippen molar-refractivity contribution in [3.63, 3.8) is 0 Å². The third-order valence-electron chi connectivity index (χ3n) is 4.79. The Morgan fingerprint density at radius 3 is 2.56 bits per heavy atom. The normalized spacial score (nSPS) is 37.0. The predicted octanol–water partition coefficient (Wildman–Crippen LogP) is 1.97. The van der Waals surface area contributed by atoms with Gasteiger partial charge in [0.05, 0.1) is 5.92 Å². The van der Waals surface area contributed by atoms with E-state index in [1.54, 1.807) is 0 Å². The number of likely N-dealkylation sites (tertiary alicyclic amines) is 1. The molecule has 3 rings (SSSR count). The standard InChI is InChI=1S/C13H21NO2/c15-12(16)11-4-2-1-3-10(11)7-14-8-13(9-14)5-6-13/h10-11H,1-9H2,(H,15,16). The molecule has 3 heteroatoms. The molecule has 3 fully saturated rings. The van der Waals surface area contributed by atoms with Gasteiger partial charge in [-0.15, -0.1) is 0 Å². The molecule has 2 saturated carbocycles. The Hall–Kier alpha value is -0.570. The van der Waals surface area contributed by atoms with E-state index in [9.17, 15) is 9.90 Å². The van der Waals surface area contributed by atoms with Gasteiger partial charge in [-0.3, -0.25) is 4.79 Å². The second-order valence-corrected chi connectivity index (χ2v) is 6.16. The summed E-state index contributed by atoms with van der Waals surface area (Å²) in [5.74, 6) is -0.210. The van der Waals surface area contributed by atoms with Crippen LogP contribution in [-0.4, -0.2) is 35.6 Å². The van der Waals surface area contributed by atoms with E-state index in [-0.39, 0.29) is 5.92 Å². The van der Waals surface area contributed by atoms with Crippen LogP contribution < -0.4 is 0 Å². The molecule has 0 radical (unpaired) electrons. The molecule has 0 amide bonds. The van der Waals surface area contributed by atoms with Gasteiger partial charge in [0.1, 0.15) is 0 Å². The number of hydrogen-bond donors (Lipinski definition) is 1. The lowest BCUT2D eigenvalue weighted by Gasteiger charge is -2.43. The maximum Gasteiger partial charge on any atom is 0.306 e. The van der Waals surface area contributed by atoms with Crippen molar-refractivity contribution in [2.45, 2.75) is 38.5 Å². The Morgan fingerprint density at radius 2 is 1.94 bits per heavy atom. The molecule has 3 aliphatic rings. The first kappa shape index (κ1) is 10.6. The first-order valence-electron chi connectivity index (χ1n) is 6.64. The zero-order chi connectivity index (χ0) is 11.2. The molecule has 0 aromatic rings. The summed E-state index contributed by atoms with van der Waals surface area (Å²) < 4.78 is 0. The molecule has 0 bridgehead atoms. The molecule has 1 heterocycles. The maximum atomic E-state index is 11.2. The quantitative estimate of drug-likeness (QED) is 0.795. The van der Waals surface area contributed by atoms with Crippen LogP contribution in [0, 0.1) is 17.3 Å². The first-order valence-corrected chi connectivity index (χ1v) is 6.64. The van der Waals surface area contributed by atoms with Gasteiger partial charge in [-0.25, -0.2) is 0 Å². The molecule has 1 N–H and O–H groups in total. The number of aliphatic carboxylic acids is 1. The topological polar surface area (TPSA) is 40.5 Å². The van der Waals surface area contributed by atoms with Gasteiger partial charge in [0.15, 0.2) is 0 Å². The number of carboxylic acids is 1. The van der Waals surface area contributed by atoms with Crippen molar-refractivity contribution < 1.29 is 9.90 Å². The minimum Gasteiger partial charge on any atom is -0.481 e. The van der Waals surface area contributed by atoms with Crippen LogP contribution in [-0.2, 0) is 4.79 Å². The van der Waals surface area contributed by atoms with Crippen LogP contribution in [0.25, 0.3) is 0 Å². The van der Waals surface area contributed by atoms with Crippen molar-refractivity contribution in [3.05, 3.63) is 0 Å². The van der Waals surface area contributed by atoms with E-state index in [1.165, 1.54) is 32.4 Å². The second-order valence-electron chi connectivity index (χ2n) is 6.16. The second kappa shape index (κ2) is 3.73. The summed E-state index contributed by atoms with van der Waals surface area (Å²) >= 11 is 0. The molecule has 1 spiro atoms. The fourth-order valence-corrected chi connectivity index (χ4v) is 3.61. The van der Waals surface area contributed by atoms with E-state index in [0.717, 1.165) is 25.8 Å². The van der Waals surface area contributed by atoms with E-state index in [0.29, 0.717) is 11.3 Å². The van der Waals surface area contributed by atoms with E-state index in [4.69, 9.17) is 0 Å². The molecule has 1 aliphatic heterocycles. The highest BCUT2D eigenvalue weighted by molar-refractivity contribution is 5.70. The smallest absolute Gasteiger partial charge is 0.306 e. The first-order chi connectivity index (χ1) is 7.69. The Kier molecular flexibility index (Phi) is 2.46. The molecular formula is C13H21NO2. The van der Waals surface area contributed by atoms with Crippen molar-refractivity contribution in [2.24, 2.45) is 17.3 Å². The van der Waals surface area contributed by atoms with Crippen molar-refractivity contribution in [2.75, 3.05) is 19.6 Å². The van der Waals surface area contributed by atoms with E-state index >= 15 is 0 Å². The molecule has 2 aliphatic carbocycles. The zero-order valence-corrected chi connectivity index (χ0v) is 9.82. The Morgan fingerprint density at radius 1 is 1.25 bits per heavy atom. The molecule has 2 unspecified atom stereocenters. The summed E-state index contributed by atoms with van der Waals surface area (Å²) in [6.07, 6.45) is 7.19. The maximum absolute atomic E-state index is 11.2. The summed E-state index contributed by atoms with van der Waals surface area (Å²) in [7, 11) is 0. The van der Waals surface area contributed by atoms with Gasteiger partial charge >= 0.3 is 5.97 Å². The lowest BCUT2D eigenvalue weighted by Crippen LogP contribution is -2.51. The van der Waals surface area contributed by atoms with Crippen LogP contribution in [0.15, 0.2) is 0 Å². The van der Waals surface area contributed by atoms with Gasteiger partial charge < -0.3 is 10.0 Å². The van der Waals surface area contributed by atoms with E-state index < -0.39 is 5.97 Å². The Labute approximate surface area is 96.8 Å². The van der Waals surface area contributed by atoms with E-state index in [2.05, 4.69) is 4.90 Å². The molecular weight excluding hydrogens is 202 g/mol. The highest BCUT2D eigenvalue weighted by Crippen LogP contribution is 2.53. The number of nitrogens with zero attached hydrogens (tertiary/aromatic N) is 1. The SMILES string of the molecule is O=C(O)C1CCCCC1CN1CC2(CC2)C1. The van der Waals surface area contributed by atoms with Crippen LogP contribution in [0.4, 0.5) is 0 Å². The average molecular weight is 223 g/mol. The number of carboxylic acid groups (broad SMARTS) is 1. The molecule has 3 nitrogen and oxygen atoms in total.